The molecule has 6 heteroatoms. The summed E-state index contributed by atoms with van der Waals surface area (Å²) in [5.74, 6) is 0.177. The number of para-hydroxylation sites is 2. The first-order chi connectivity index (χ1) is 15.5. The van der Waals surface area contributed by atoms with Gasteiger partial charge in [0.15, 0.2) is 0 Å². The Morgan fingerprint density at radius 2 is 1.78 bits per heavy atom. The van der Waals surface area contributed by atoms with Crippen molar-refractivity contribution in [2.75, 3.05) is 24.5 Å². The van der Waals surface area contributed by atoms with E-state index in [0.29, 0.717) is 32.2 Å². The minimum atomic E-state index is -0.375. The van der Waals surface area contributed by atoms with E-state index in [0.717, 1.165) is 36.4 Å². The minimum absolute atomic E-state index is 0.00815. The molecule has 2 N–H and O–H groups in total. The Balaban J connectivity index is 1.59. The van der Waals surface area contributed by atoms with Gasteiger partial charge < -0.3 is 20.3 Å². The monoisotopic (exact) mass is 436 g/mol. The van der Waals surface area contributed by atoms with Crippen molar-refractivity contribution in [1.29, 1.82) is 0 Å². The summed E-state index contributed by atoms with van der Waals surface area (Å²) in [5.41, 5.74) is 7.52. The molecule has 1 atom stereocenters. The molecule has 1 radical (unpaired) electrons. The van der Waals surface area contributed by atoms with Gasteiger partial charge in [0.05, 0.1) is 12.1 Å². The largest absolute Gasteiger partial charge is 0.487 e. The van der Waals surface area contributed by atoms with Crippen LogP contribution in [0.2, 0.25) is 0 Å². The fourth-order valence-corrected chi connectivity index (χ4v) is 4.10. The summed E-state index contributed by atoms with van der Waals surface area (Å²) in [7, 11) is 0. The summed E-state index contributed by atoms with van der Waals surface area (Å²) in [6.07, 6.45) is 3.78. The van der Waals surface area contributed by atoms with Gasteiger partial charge in [-0.15, -0.1) is 0 Å². The van der Waals surface area contributed by atoms with E-state index in [4.69, 9.17) is 10.5 Å². The van der Waals surface area contributed by atoms with E-state index >= 15 is 0 Å². The molecule has 0 aromatic heterocycles. The van der Waals surface area contributed by atoms with Crippen LogP contribution >= 0.6 is 0 Å². The number of ether oxygens (including phenoxy) is 1. The molecule has 0 aliphatic carbocycles. The fraction of sp³-hybridized carbons (Fsp3) is 0.423. The number of anilines is 1. The smallest absolute Gasteiger partial charge is 0.226 e. The lowest BCUT2D eigenvalue weighted by Gasteiger charge is -2.40. The molecule has 1 aliphatic heterocycles. The third-order valence-electron chi connectivity index (χ3n) is 6.10. The normalized spacial score (nSPS) is 15.2. The quantitative estimate of drug-likeness (QED) is 0.615. The third kappa shape index (κ3) is 6.25. The molecule has 1 heterocycles. The molecule has 1 unspecified atom stereocenters. The van der Waals surface area contributed by atoms with Gasteiger partial charge >= 0.3 is 0 Å². The van der Waals surface area contributed by atoms with Crippen LogP contribution in [0.5, 0.6) is 5.75 Å². The van der Waals surface area contributed by atoms with Crippen molar-refractivity contribution < 1.29 is 14.3 Å². The van der Waals surface area contributed by atoms with E-state index in [9.17, 15) is 9.59 Å². The highest BCUT2D eigenvalue weighted by atomic mass is 16.5. The second-order valence-corrected chi connectivity index (χ2v) is 8.33. The highest BCUT2D eigenvalue weighted by molar-refractivity contribution is 5.86. The number of amides is 2. The summed E-state index contributed by atoms with van der Waals surface area (Å²) in [6, 6.07) is 18.7. The van der Waals surface area contributed by atoms with Crippen LogP contribution in [0.1, 0.15) is 38.7 Å². The molecule has 1 aliphatic rings. The van der Waals surface area contributed by atoms with Crippen LogP contribution in [-0.4, -0.2) is 42.4 Å². The number of likely N-dealkylation sites (tertiary alicyclic amines) is 1. The lowest BCUT2D eigenvalue weighted by atomic mass is 10.00. The molecule has 2 aromatic carbocycles. The van der Waals surface area contributed by atoms with E-state index in [1.807, 2.05) is 41.3 Å². The molecule has 6 nitrogen and oxygen atoms in total. The van der Waals surface area contributed by atoms with Crippen molar-refractivity contribution >= 4 is 17.5 Å². The van der Waals surface area contributed by atoms with Crippen LogP contribution in [0.15, 0.2) is 54.6 Å². The van der Waals surface area contributed by atoms with Gasteiger partial charge in [0.1, 0.15) is 12.4 Å². The second-order valence-electron chi connectivity index (χ2n) is 8.33. The maximum absolute atomic E-state index is 12.5. The van der Waals surface area contributed by atoms with Crippen LogP contribution in [0, 0.1) is 12.3 Å². The van der Waals surface area contributed by atoms with Crippen molar-refractivity contribution in [2.24, 2.45) is 11.7 Å². The van der Waals surface area contributed by atoms with Crippen molar-refractivity contribution in [3.05, 3.63) is 66.6 Å². The number of hydrogen-bond acceptors (Lipinski definition) is 4. The van der Waals surface area contributed by atoms with Gasteiger partial charge in [0.25, 0.3) is 0 Å². The minimum Gasteiger partial charge on any atom is -0.487 e. The topological polar surface area (TPSA) is 75.9 Å². The van der Waals surface area contributed by atoms with Gasteiger partial charge in [-0.1, -0.05) is 49.4 Å². The van der Waals surface area contributed by atoms with E-state index in [1.165, 1.54) is 0 Å². The molecule has 0 saturated carbocycles. The lowest BCUT2D eigenvalue weighted by Crippen LogP contribution is -2.47. The van der Waals surface area contributed by atoms with Gasteiger partial charge in [0.2, 0.25) is 11.8 Å². The molecule has 171 valence electrons. The predicted molar refractivity (Wildman–Crippen MR) is 127 cm³/mol. The molecule has 3 rings (SSSR count). The van der Waals surface area contributed by atoms with Gasteiger partial charge in [0, 0.05) is 31.6 Å². The molecule has 1 saturated heterocycles. The highest BCUT2D eigenvalue weighted by Gasteiger charge is 2.28. The number of primary amides is 1. The summed E-state index contributed by atoms with van der Waals surface area (Å²) in [4.78, 5) is 28.0. The van der Waals surface area contributed by atoms with Crippen LogP contribution in [0.3, 0.4) is 0 Å². The molecule has 2 aromatic rings. The average Bonchev–Trinajstić information content (AvgIpc) is 2.83. The zero-order valence-electron chi connectivity index (χ0n) is 19.1. The Kier molecular flexibility index (Phi) is 8.54. The fourth-order valence-electron chi connectivity index (χ4n) is 4.10. The zero-order valence-corrected chi connectivity index (χ0v) is 19.1. The number of piperidine rings is 1. The molecular formula is C26H34N3O3. The zero-order chi connectivity index (χ0) is 22.9. The lowest BCUT2D eigenvalue weighted by molar-refractivity contribution is -0.129. The average molecular weight is 437 g/mol. The number of carbonyl (C=O) groups is 2. The maximum atomic E-state index is 12.5. The van der Waals surface area contributed by atoms with E-state index in [2.05, 4.69) is 30.0 Å². The van der Waals surface area contributed by atoms with Gasteiger partial charge in [-0.05, 0) is 43.9 Å². The number of nitrogens with two attached hydrogens (primary N) is 1. The Labute approximate surface area is 191 Å². The molecule has 1 fully saturated rings. The molecular weight excluding hydrogens is 402 g/mol. The summed E-state index contributed by atoms with van der Waals surface area (Å²) >= 11 is 0. The van der Waals surface area contributed by atoms with E-state index in [-0.39, 0.29) is 17.7 Å². The summed E-state index contributed by atoms with van der Waals surface area (Å²) in [5, 5.41) is 0. The first-order valence-corrected chi connectivity index (χ1v) is 11.4. The first kappa shape index (κ1) is 23.6. The van der Waals surface area contributed by atoms with Crippen LogP contribution in [0.25, 0.3) is 0 Å². The van der Waals surface area contributed by atoms with E-state index in [1.54, 1.807) is 13.3 Å². The van der Waals surface area contributed by atoms with Gasteiger partial charge in [-0.2, -0.15) is 0 Å². The number of hydrogen-bond donors (Lipinski definition) is 1. The van der Waals surface area contributed by atoms with Crippen molar-refractivity contribution in [2.45, 2.75) is 45.8 Å². The van der Waals surface area contributed by atoms with Crippen molar-refractivity contribution in [3.8, 4) is 5.75 Å². The Bertz CT molecular complexity index is 879. The van der Waals surface area contributed by atoms with Crippen molar-refractivity contribution in [3.63, 3.8) is 0 Å². The van der Waals surface area contributed by atoms with Crippen LogP contribution in [-0.2, 0) is 16.2 Å². The molecule has 32 heavy (non-hydrogen) atoms. The SMILES string of the molecule is CCN(c1ccccc1OCc1ccccc1)C1CCN(C(=O)[CH]CC(C)C(N)=O)CC1. The number of nitrogens with zero attached hydrogens (tertiary/aromatic N) is 2. The van der Waals surface area contributed by atoms with Gasteiger partial charge in [-0.25, -0.2) is 0 Å². The standard InChI is InChI=1S/C26H34N3O3/c1-3-29(22-15-17-28(18-16-22)25(30)14-13-20(2)26(27)31)23-11-7-8-12-24(23)32-19-21-9-5-4-6-10-21/h4-12,14,20,22H,3,13,15-19H2,1-2H3,(H2,27,31). The molecule has 0 bridgehead atoms. The number of benzene rings is 2. The van der Waals surface area contributed by atoms with Crippen LogP contribution in [0.4, 0.5) is 5.69 Å². The molecule has 0 spiro atoms. The maximum Gasteiger partial charge on any atom is 0.226 e. The van der Waals surface area contributed by atoms with Gasteiger partial charge in [-0.3, -0.25) is 9.59 Å². The summed E-state index contributed by atoms with van der Waals surface area (Å²) < 4.78 is 6.18. The van der Waals surface area contributed by atoms with Crippen LogP contribution < -0.4 is 15.4 Å². The van der Waals surface area contributed by atoms with Crippen molar-refractivity contribution in [1.82, 2.24) is 4.90 Å². The number of carbonyl (C=O) groups excluding carboxylic acids is 2. The highest BCUT2D eigenvalue weighted by Crippen LogP contribution is 2.32. The third-order valence-corrected chi connectivity index (χ3v) is 6.10. The van der Waals surface area contributed by atoms with E-state index < -0.39 is 0 Å². The Morgan fingerprint density at radius 3 is 2.44 bits per heavy atom. The summed E-state index contributed by atoms with van der Waals surface area (Å²) in [6.45, 7) is 6.71. The Hall–Kier alpha value is -3.02. The number of rotatable bonds is 10. The first-order valence-electron chi connectivity index (χ1n) is 11.4. The molecule has 2 amide bonds. The Morgan fingerprint density at radius 1 is 1.12 bits per heavy atom. The predicted octanol–water partition coefficient (Wildman–Crippen LogP) is 3.80. The second kappa shape index (κ2) is 11.6.